The maximum atomic E-state index is 13.6. The Balaban J connectivity index is 1.20. The molecule has 2 aliphatic rings. The summed E-state index contributed by atoms with van der Waals surface area (Å²) in [6.07, 6.45) is 4.35. The average molecular weight is 523 g/mol. The summed E-state index contributed by atoms with van der Waals surface area (Å²) in [5.41, 5.74) is 11.9. The van der Waals surface area contributed by atoms with Crippen molar-refractivity contribution in [2.24, 2.45) is 5.92 Å². The van der Waals surface area contributed by atoms with E-state index in [1.807, 2.05) is 41.1 Å². The van der Waals surface area contributed by atoms with Crippen LogP contribution in [0.5, 0.6) is 0 Å². The van der Waals surface area contributed by atoms with Crippen molar-refractivity contribution >= 4 is 28.3 Å². The van der Waals surface area contributed by atoms with Crippen LogP contribution >= 0.6 is 11.6 Å². The maximum Gasteiger partial charge on any atom is 0.252 e. The molecule has 3 atom stereocenters. The molecule has 5 heterocycles. The number of H-pyrrole nitrogens is 2. The highest BCUT2D eigenvalue weighted by Gasteiger charge is 2.54. The van der Waals surface area contributed by atoms with Crippen molar-refractivity contribution in [3.05, 3.63) is 87.9 Å². The van der Waals surface area contributed by atoms with Crippen molar-refractivity contribution in [3.63, 3.8) is 0 Å². The van der Waals surface area contributed by atoms with Crippen molar-refractivity contribution in [1.29, 1.82) is 0 Å². The summed E-state index contributed by atoms with van der Waals surface area (Å²) < 4.78 is 3.45. The fraction of sp³-hybridized carbons (Fsp3) is 0.154. The molecular formula is C26H19ClN10O. The predicted octanol–water partition coefficient (Wildman–Crippen LogP) is 3.70. The largest absolute Gasteiger partial charge is 0.382 e. The molecule has 186 valence electrons. The SMILES string of the molecule is Nc1n[nH]c2cc(-c3cnc(C4C5CC5c5cc(-c6cc(Cl)ccc6-n6cnnn6)cc(=O)n54)[nH]3)ccc12. The Bertz CT molecular complexity index is 1940. The molecule has 2 aromatic carbocycles. The Hall–Kier alpha value is -4.77. The molecule has 8 rings (SSSR count). The minimum Gasteiger partial charge on any atom is -0.382 e. The van der Waals surface area contributed by atoms with Crippen LogP contribution in [0.25, 0.3) is 39.0 Å². The third-order valence-electron chi connectivity index (χ3n) is 7.65. The molecule has 4 aromatic heterocycles. The van der Waals surface area contributed by atoms with Crippen LogP contribution < -0.4 is 11.3 Å². The van der Waals surface area contributed by atoms with Gasteiger partial charge in [0.15, 0.2) is 5.82 Å². The molecule has 0 radical (unpaired) electrons. The lowest BCUT2D eigenvalue weighted by Crippen LogP contribution is -2.26. The van der Waals surface area contributed by atoms with Crippen molar-refractivity contribution in [1.82, 2.24) is 44.9 Å². The minimum absolute atomic E-state index is 0.0790. The molecule has 0 spiro atoms. The van der Waals surface area contributed by atoms with Gasteiger partial charge in [-0.2, -0.15) is 9.78 Å². The number of nitrogens with two attached hydrogens (primary N) is 1. The average Bonchev–Trinajstić information content (AvgIpc) is 3.35. The molecule has 0 saturated heterocycles. The van der Waals surface area contributed by atoms with Crippen LogP contribution in [-0.2, 0) is 0 Å². The van der Waals surface area contributed by atoms with E-state index in [4.69, 9.17) is 22.3 Å². The molecule has 1 fully saturated rings. The van der Waals surface area contributed by atoms with E-state index in [2.05, 4.69) is 36.8 Å². The predicted molar refractivity (Wildman–Crippen MR) is 141 cm³/mol. The van der Waals surface area contributed by atoms with E-state index in [0.717, 1.165) is 56.9 Å². The fourth-order valence-corrected chi connectivity index (χ4v) is 5.98. The summed E-state index contributed by atoms with van der Waals surface area (Å²) in [7, 11) is 0. The topological polar surface area (TPSA) is 149 Å². The Morgan fingerprint density at radius 1 is 1.08 bits per heavy atom. The minimum atomic E-state index is -0.143. The van der Waals surface area contributed by atoms with Gasteiger partial charge in [-0.15, -0.1) is 5.10 Å². The van der Waals surface area contributed by atoms with E-state index >= 15 is 0 Å². The molecule has 12 heteroatoms. The molecule has 4 N–H and O–H groups in total. The van der Waals surface area contributed by atoms with E-state index in [1.54, 1.807) is 16.8 Å². The van der Waals surface area contributed by atoms with Crippen LogP contribution in [0.2, 0.25) is 5.02 Å². The van der Waals surface area contributed by atoms with Crippen LogP contribution in [-0.4, -0.2) is 44.9 Å². The number of hydrogen-bond acceptors (Lipinski definition) is 7. The zero-order valence-electron chi connectivity index (χ0n) is 19.7. The van der Waals surface area contributed by atoms with Crippen molar-refractivity contribution in [2.45, 2.75) is 18.4 Å². The molecule has 38 heavy (non-hydrogen) atoms. The van der Waals surface area contributed by atoms with E-state index in [9.17, 15) is 4.79 Å². The highest BCUT2D eigenvalue weighted by atomic mass is 35.5. The van der Waals surface area contributed by atoms with E-state index in [-0.39, 0.29) is 11.6 Å². The third-order valence-corrected chi connectivity index (χ3v) is 7.88. The van der Waals surface area contributed by atoms with Crippen LogP contribution in [0.4, 0.5) is 5.82 Å². The Morgan fingerprint density at radius 3 is 2.87 bits per heavy atom. The normalized spacial score (nSPS) is 19.6. The number of nitrogens with one attached hydrogen (secondary N) is 2. The van der Waals surface area contributed by atoms with Gasteiger partial charge in [-0.05, 0) is 64.7 Å². The number of aromatic amines is 2. The molecule has 0 bridgehead atoms. The quantitative estimate of drug-likeness (QED) is 0.319. The highest BCUT2D eigenvalue weighted by molar-refractivity contribution is 6.31. The molecule has 1 saturated carbocycles. The number of fused-ring (bicyclic) bond motifs is 4. The number of nitrogen functional groups attached to an aromatic ring is 1. The van der Waals surface area contributed by atoms with Gasteiger partial charge < -0.3 is 15.3 Å². The maximum absolute atomic E-state index is 13.6. The number of halogens is 1. The second kappa shape index (κ2) is 7.62. The number of hydrogen-bond donors (Lipinski definition) is 3. The van der Waals surface area contributed by atoms with E-state index < -0.39 is 0 Å². The summed E-state index contributed by atoms with van der Waals surface area (Å²) >= 11 is 6.34. The van der Waals surface area contributed by atoms with E-state index in [0.29, 0.717) is 22.7 Å². The van der Waals surface area contributed by atoms with Crippen LogP contribution in [0.1, 0.15) is 29.9 Å². The molecule has 3 unspecified atom stereocenters. The summed E-state index contributed by atoms with van der Waals surface area (Å²) in [5, 5.41) is 20.0. The number of aromatic nitrogens is 9. The Kier molecular flexibility index (Phi) is 4.28. The number of benzene rings is 2. The van der Waals surface area contributed by atoms with Crippen molar-refractivity contribution in [3.8, 4) is 28.1 Å². The van der Waals surface area contributed by atoms with Crippen LogP contribution in [0.3, 0.4) is 0 Å². The first-order valence-electron chi connectivity index (χ1n) is 12.1. The molecular weight excluding hydrogens is 504 g/mol. The van der Waals surface area contributed by atoms with Gasteiger partial charge in [0.1, 0.15) is 12.2 Å². The lowest BCUT2D eigenvalue weighted by molar-refractivity contribution is 0.515. The second-order valence-electron chi connectivity index (χ2n) is 9.80. The Morgan fingerprint density at radius 2 is 2.00 bits per heavy atom. The zero-order chi connectivity index (χ0) is 25.5. The van der Waals surface area contributed by atoms with Gasteiger partial charge in [0.2, 0.25) is 0 Å². The van der Waals surface area contributed by atoms with Crippen molar-refractivity contribution < 1.29 is 0 Å². The smallest absolute Gasteiger partial charge is 0.252 e. The number of rotatable bonds is 4. The van der Waals surface area contributed by atoms with E-state index in [1.165, 1.54) is 6.33 Å². The number of nitrogens with zero attached hydrogens (tertiary/aromatic N) is 7. The Labute approximate surface area is 219 Å². The monoisotopic (exact) mass is 522 g/mol. The summed E-state index contributed by atoms with van der Waals surface area (Å²) in [6, 6.07) is 15.0. The lowest BCUT2D eigenvalue weighted by Gasteiger charge is -2.18. The first-order chi connectivity index (χ1) is 18.5. The number of pyridine rings is 1. The number of imidazole rings is 1. The first kappa shape index (κ1) is 21.3. The second-order valence-corrected chi connectivity index (χ2v) is 10.2. The van der Waals surface area contributed by atoms with Gasteiger partial charge in [-0.25, -0.2) is 4.98 Å². The molecule has 0 amide bonds. The van der Waals surface area contributed by atoms with Gasteiger partial charge in [0.05, 0.1) is 29.1 Å². The van der Waals surface area contributed by atoms with Gasteiger partial charge in [-0.3, -0.25) is 9.89 Å². The number of tetrazole rings is 1. The molecule has 1 aliphatic carbocycles. The first-order valence-corrected chi connectivity index (χ1v) is 12.5. The fourth-order valence-electron chi connectivity index (χ4n) is 5.81. The third kappa shape index (κ3) is 3.08. The summed E-state index contributed by atoms with van der Waals surface area (Å²) in [6.45, 7) is 0. The van der Waals surface area contributed by atoms with Gasteiger partial charge >= 0.3 is 0 Å². The van der Waals surface area contributed by atoms with Crippen LogP contribution in [0, 0.1) is 5.92 Å². The summed E-state index contributed by atoms with van der Waals surface area (Å²) in [5.74, 6) is 1.88. The number of anilines is 1. The lowest BCUT2D eigenvalue weighted by atomic mass is 10.0. The molecule has 6 aromatic rings. The highest BCUT2D eigenvalue weighted by Crippen LogP contribution is 2.60. The molecule has 11 nitrogen and oxygen atoms in total. The zero-order valence-corrected chi connectivity index (χ0v) is 20.5. The molecule has 1 aliphatic heterocycles. The standard InChI is InChI=1S/C26H19ClN10O/c27-14-2-4-21(36-11-30-34-35-36)16(8-14)13-6-22-17-9-18(17)24(37(22)23(38)7-13)26-29-10-20(31-26)12-1-3-15-19(5-12)32-33-25(15)28/h1-8,10-11,17-18,24H,9H2,(H,29,31)(H3,28,32,33). The van der Waals surface area contributed by atoms with Crippen LogP contribution in [0.15, 0.2) is 65.8 Å². The van der Waals surface area contributed by atoms with Gasteiger partial charge in [0, 0.05) is 39.2 Å². The van der Waals surface area contributed by atoms with Gasteiger partial charge in [-0.1, -0.05) is 17.7 Å². The summed E-state index contributed by atoms with van der Waals surface area (Å²) in [4.78, 5) is 21.8. The van der Waals surface area contributed by atoms with Gasteiger partial charge in [0.25, 0.3) is 5.56 Å². The van der Waals surface area contributed by atoms with Crippen molar-refractivity contribution in [2.75, 3.05) is 5.73 Å².